The lowest BCUT2D eigenvalue weighted by Crippen LogP contribution is -2.00. The number of phenolic OH excluding ortho intramolecular Hbond substituents is 1. The van der Waals surface area contributed by atoms with Crippen LogP contribution >= 0.6 is 12.8 Å². The van der Waals surface area contributed by atoms with Gasteiger partial charge in [-0.15, -0.1) is 12.8 Å². The van der Waals surface area contributed by atoms with Crippen molar-refractivity contribution >= 4 is 12.8 Å². The Bertz CT molecular complexity index is 243. The molecule has 3 N–H and O–H groups in total. The Kier molecular flexibility index (Phi) is 8.87. The number of hydrogen-bond donors (Lipinski definition) is 3. The second kappa shape index (κ2) is 8.17. The van der Waals surface area contributed by atoms with E-state index in [-0.39, 0.29) is 0 Å². The van der Waals surface area contributed by atoms with Crippen LogP contribution in [0.3, 0.4) is 0 Å². The van der Waals surface area contributed by atoms with E-state index in [1.54, 1.807) is 0 Å². The fourth-order valence-corrected chi connectivity index (χ4v) is 0.593. The summed E-state index contributed by atoms with van der Waals surface area (Å²) in [6, 6.07) is 0. The molecular formula is C8H10F5NOS. The van der Waals surface area contributed by atoms with E-state index in [0.29, 0.717) is 0 Å². The molecule has 0 aliphatic rings. The summed E-state index contributed by atoms with van der Waals surface area (Å²) in [5, 5.41) is 12.5. The maximum absolute atomic E-state index is 12.2. The molecule has 0 heterocycles. The van der Waals surface area contributed by atoms with Gasteiger partial charge in [0, 0.05) is 0 Å². The minimum Gasteiger partial charge on any atom is -0.503 e. The van der Waals surface area contributed by atoms with E-state index >= 15 is 0 Å². The Balaban J connectivity index is 0. The van der Waals surface area contributed by atoms with Gasteiger partial charge in [0.05, 0.1) is 0 Å². The molecule has 1 aromatic rings. The highest BCUT2D eigenvalue weighted by Crippen LogP contribution is 2.27. The van der Waals surface area contributed by atoms with Gasteiger partial charge >= 0.3 is 0 Å². The Morgan fingerprint density at radius 1 is 0.750 bits per heavy atom. The van der Waals surface area contributed by atoms with E-state index in [1.807, 2.05) is 13.8 Å². The third-order valence-electron chi connectivity index (χ3n) is 1.19. The van der Waals surface area contributed by atoms with Crippen LogP contribution in [0.4, 0.5) is 22.0 Å². The molecule has 0 radical (unpaired) electrons. The summed E-state index contributed by atoms with van der Waals surface area (Å²) in [6.07, 6.45) is 0. The van der Waals surface area contributed by atoms with E-state index in [0.717, 1.165) is 0 Å². The SMILES string of the molecule is CC.NS.Oc1c(F)c(F)c(F)c(F)c1F. The molecule has 0 fully saturated rings. The van der Waals surface area contributed by atoms with E-state index in [9.17, 15) is 22.0 Å². The smallest absolute Gasteiger partial charge is 0.206 e. The number of nitrogens with two attached hydrogens (primary N) is 1. The first kappa shape index (κ1) is 17.4. The van der Waals surface area contributed by atoms with Crippen molar-refractivity contribution < 1.29 is 27.1 Å². The number of phenols is 1. The molecule has 16 heavy (non-hydrogen) atoms. The third-order valence-corrected chi connectivity index (χ3v) is 1.19. The van der Waals surface area contributed by atoms with Crippen molar-refractivity contribution in [1.29, 1.82) is 0 Å². The average Bonchev–Trinajstić information content (AvgIpc) is 2.36. The van der Waals surface area contributed by atoms with Crippen LogP contribution in [0.2, 0.25) is 0 Å². The first-order valence-corrected chi connectivity index (χ1v) is 4.44. The summed E-state index contributed by atoms with van der Waals surface area (Å²) in [5.74, 6) is -12.9. The maximum Gasteiger partial charge on any atom is 0.206 e. The zero-order chi connectivity index (χ0) is 13.5. The largest absolute Gasteiger partial charge is 0.503 e. The fourth-order valence-electron chi connectivity index (χ4n) is 0.593. The second-order valence-electron chi connectivity index (χ2n) is 1.92. The van der Waals surface area contributed by atoms with Gasteiger partial charge in [-0.2, -0.15) is 8.78 Å². The maximum atomic E-state index is 12.2. The Labute approximate surface area is 94.4 Å². The molecule has 0 unspecified atom stereocenters. The fraction of sp³-hybridized carbons (Fsp3) is 0.250. The van der Waals surface area contributed by atoms with Crippen molar-refractivity contribution in [1.82, 2.24) is 0 Å². The van der Waals surface area contributed by atoms with Gasteiger partial charge in [0.2, 0.25) is 29.1 Å². The van der Waals surface area contributed by atoms with Crippen molar-refractivity contribution in [3.05, 3.63) is 29.1 Å². The number of hydrogen-bond acceptors (Lipinski definition) is 3. The van der Waals surface area contributed by atoms with E-state index in [2.05, 4.69) is 18.0 Å². The summed E-state index contributed by atoms with van der Waals surface area (Å²) in [7, 11) is 0. The summed E-state index contributed by atoms with van der Waals surface area (Å²) in [6.45, 7) is 4.00. The number of benzene rings is 1. The first-order valence-electron chi connectivity index (χ1n) is 3.93. The summed E-state index contributed by atoms with van der Waals surface area (Å²) >= 11 is 3.03. The van der Waals surface area contributed by atoms with Crippen LogP contribution in [0.25, 0.3) is 0 Å². The quantitative estimate of drug-likeness (QED) is 0.292. The van der Waals surface area contributed by atoms with Crippen LogP contribution in [0.5, 0.6) is 5.75 Å². The average molecular weight is 263 g/mol. The molecule has 2 nitrogen and oxygen atoms in total. The molecule has 1 rings (SSSR count). The van der Waals surface area contributed by atoms with Gasteiger partial charge in [-0.3, -0.25) is 5.14 Å². The van der Waals surface area contributed by atoms with Crippen molar-refractivity contribution in [3.63, 3.8) is 0 Å². The molecule has 0 atom stereocenters. The van der Waals surface area contributed by atoms with Gasteiger partial charge in [0.25, 0.3) is 0 Å². The van der Waals surface area contributed by atoms with Crippen molar-refractivity contribution in [2.45, 2.75) is 13.8 Å². The molecule has 0 saturated heterocycles. The molecule has 0 saturated carbocycles. The predicted octanol–water partition coefficient (Wildman–Crippen LogP) is 2.90. The molecule has 0 spiro atoms. The highest BCUT2D eigenvalue weighted by atomic mass is 32.1. The van der Waals surface area contributed by atoms with Crippen LogP contribution in [0, 0.1) is 29.1 Å². The van der Waals surface area contributed by atoms with Crippen LogP contribution < -0.4 is 5.14 Å². The molecule has 0 aliphatic heterocycles. The zero-order valence-corrected chi connectivity index (χ0v) is 9.26. The predicted molar refractivity (Wildman–Crippen MR) is 52.4 cm³/mol. The topological polar surface area (TPSA) is 46.2 Å². The number of halogens is 5. The molecule has 0 aliphatic carbocycles. The summed E-state index contributed by atoms with van der Waals surface area (Å²) in [5.41, 5.74) is 0. The molecule has 94 valence electrons. The lowest BCUT2D eigenvalue weighted by Gasteiger charge is -2.00. The van der Waals surface area contributed by atoms with Crippen molar-refractivity contribution in [2.24, 2.45) is 5.14 Å². The van der Waals surface area contributed by atoms with Gasteiger partial charge in [-0.05, 0) is 0 Å². The van der Waals surface area contributed by atoms with E-state index in [1.165, 1.54) is 0 Å². The molecule has 0 amide bonds. The summed E-state index contributed by atoms with van der Waals surface area (Å²) < 4.78 is 60.6. The second-order valence-corrected chi connectivity index (χ2v) is 1.92. The van der Waals surface area contributed by atoms with Gasteiger partial charge in [0.15, 0.2) is 5.75 Å². The van der Waals surface area contributed by atoms with Gasteiger partial charge in [-0.1, -0.05) is 13.8 Å². The van der Waals surface area contributed by atoms with Crippen LogP contribution in [0.1, 0.15) is 13.8 Å². The van der Waals surface area contributed by atoms with E-state index in [4.69, 9.17) is 5.11 Å². The van der Waals surface area contributed by atoms with Crippen molar-refractivity contribution in [3.8, 4) is 5.75 Å². The monoisotopic (exact) mass is 263 g/mol. The normalized spacial score (nSPS) is 8.56. The van der Waals surface area contributed by atoms with Gasteiger partial charge in [-0.25, -0.2) is 13.2 Å². The Morgan fingerprint density at radius 2 is 0.938 bits per heavy atom. The van der Waals surface area contributed by atoms with Crippen LogP contribution in [0.15, 0.2) is 0 Å². The van der Waals surface area contributed by atoms with Gasteiger partial charge in [0.1, 0.15) is 0 Å². The lowest BCUT2D eigenvalue weighted by atomic mass is 10.3. The molecule has 0 bridgehead atoms. The van der Waals surface area contributed by atoms with Gasteiger partial charge < -0.3 is 5.11 Å². The van der Waals surface area contributed by atoms with E-state index < -0.39 is 34.8 Å². The van der Waals surface area contributed by atoms with Crippen LogP contribution in [-0.2, 0) is 0 Å². The zero-order valence-electron chi connectivity index (χ0n) is 8.36. The first-order chi connectivity index (χ1) is 7.46. The number of aromatic hydroxyl groups is 1. The lowest BCUT2D eigenvalue weighted by molar-refractivity contribution is 0.325. The molecule has 1 aromatic carbocycles. The molecular weight excluding hydrogens is 253 g/mol. The highest BCUT2D eigenvalue weighted by molar-refractivity contribution is 7.77. The van der Waals surface area contributed by atoms with Crippen molar-refractivity contribution in [2.75, 3.05) is 0 Å². The Morgan fingerprint density at radius 3 is 1.19 bits per heavy atom. The minimum atomic E-state index is -2.29. The molecule has 0 aromatic heterocycles. The Hall–Kier alpha value is -1.02. The summed E-state index contributed by atoms with van der Waals surface area (Å²) in [4.78, 5) is 0. The molecule has 8 heteroatoms. The van der Waals surface area contributed by atoms with Crippen LogP contribution in [-0.4, -0.2) is 5.11 Å². The third kappa shape index (κ3) is 3.53. The minimum absolute atomic E-state index is 1.87. The standard InChI is InChI=1S/C6HF5O.C2H6.H3NS/c7-1-2(8)4(10)6(12)5(11)3(1)9;2*1-2/h12H;1-2H3;2H,1H2. The number of rotatable bonds is 0. The number of thiol groups is 1. The highest BCUT2D eigenvalue weighted by Gasteiger charge is 2.24.